The van der Waals surface area contributed by atoms with Crippen LogP contribution in [-0.2, 0) is 4.79 Å². The molecule has 0 radical (unpaired) electrons. The van der Waals surface area contributed by atoms with Gasteiger partial charge in [0.1, 0.15) is 6.04 Å². The first-order valence-electron chi connectivity index (χ1n) is 6.03. The minimum absolute atomic E-state index is 0.260. The minimum atomic E-state index is -1.07. The average molecular weight is 279 g/mol. The summed E-state index contributed by atoms with van der Waals surface area (Å²) in [5, 5.41) is 11.5. The largest absolute Gasteiger partial charge is 0.480 e. The molecule has 20 heavy (non-hydrogen) atoms. The summed E-state index contributed by atoms with van der Waals surface area (Å²) >= 11 is 0. The van der Waals surface area contributed by atoms with Crippen molar-refractivity contribution in [3.8, 4) is 0 Å². The van der Waals surface area contributed by atoms with Crippen LogP contribution in [0.4, 0.5) is 10.5 Å². The number of carboxylic acid groups (broad SMARTS) is 1. The molecule has 0 saturated heterocycles. The number of carbonyl (C=O) groups is 3. The van der Waals surface area contributed by atoms with Crippen molar-refractivity contribution in [3.63, 3.8) is 0 Å². The van der Waals surface area contributed by atoms with E-state index in [2.05, 4.69) is 5.32 Å². The van der Waals surface area contributed by atoms with E-state index in [0.29, 0.717) is 12.1 Å². The first-order valence-corrected chi connectivity index (χ1v) is 6.03. The standard InChI is InChI=1S/C13H17N3O4/c1-3-10(12(18)19)16(2)13(20)15-9-6-4-5-8(7-9)11(14)17/h4-7,10H,3H2,1-2H3,(H2,14,17)(H,15,20)(H,18,19). The Kier molecular flexibility index (Phi) is 5.08. The topological polar surface area (TPSA) is 113 Å². The van der Waals surface area contributed by atoms with Crippen LogP contribution in [-0.4, -0.2) is 41.0 Å². The van der Waals surface area contributed by atoms with Crippen molar-refractivity contribution in [3.05, 3.63) is 29.8 Å². The van der Waals surface area contributed by atoms with Crippen LogP contribution in [0, 0.1) is 0 Å². The van der Waals surface area contributed by atoms with E-state index in [9.17, 15) is 14.4 Å². The maximum Gasteiger partial charge on any atom is 0.326 e. The molecule has 0 fully saturated rings. The van der Waals surface area contributed by atoms with Crippen molar-refractivity contribution in [1.82, 2.24) is 4.90 Å². The summed E-state index contributed by atoms with van der Waals surface area (Å²) in [7, 11) is 1.40. The maximum atomic E-state index is 11.9. The van der Waals surface area contributed by atoms with Gasteiger partial charge in [0.05, 0.1) is 0 Å². The van der Waals surface area contributed by atoms with Gasteiger partial charge in [0.2, 0.25) is 5.91 Å². The second kappa shape index (κ2) is 6.55. The lowest BCUT2D eigenvalue weighted by Crippen LogP contribution is -2.44. The first kappa shape index (κ1) is 15.5. The van der Waals surface area contributed by atoms with E-state index in [1.165, 1.54) is 19.2 Å². The van der Waals surface area contributed by atoms with Gasteiger partial charge in [0.25, 0.3) is 0 Å². The Morgan fingerprint density at radius 2 is 2.05 bits per heavy atom. The van der Waals surface area contributed by atoms with Crippen molar-refractivity contribution in [2.24, 2.45) is 5.73 Å². The Morgan fingerprint density at radius 3 is 2.55 bits per heavy atom. The van der Waals surface area contributed by atoms with Gasteiger partial charge >= 0.3 is 12.0 Å². The number of rotatable bonds is 5. The predicted octanol–water partition coefficient (Wildman–Crippen LogP) is 1.11. The molecule has 4 N–H and O–H groups in total. The lowest BCUT2D eigenvalue weighted by atomic mass is 10.2. The second-order valence-electron chi connectivity index (χ2n) is 4.25. The molecule has 0 aromatic heterocycles. The SMILES string of the molecule is CCC(C(=O)O)N(C)C(=O)Nc1cccc(C(N)=O)c1. The number of carbonyl (C=O) groups excluding carboxylic acids is 2. The summed E-state index contributed by atoms with van der Waals surface area (Å²) in [6, 6.07) is 4.63. The number of aliphatic carboxylic acids is 1. The predicted molar refractivity (Wildman–Crippen MR) is 73.5 cm³/mol. The molecule has 0 saturated carbocycles. The van der Waals surface area contributed by atoms with Crippen LogP contribution in [0.25, 0.3) is 0 Å². The molecule has 0 aliphatic carbocycles. The lowest BCUT2D eigenvalue weighted by molar-refractivity contribution is -0.141. The fraction of sp³-hybridized carbons (Fsp3) is 0.308. The highest BCUT2D eigenvalue weighted by atomic mass is 16.4. The highest BCUT2D eigenvalue weighted by Crippen LogP contribution is 2.12. The van der Waals surface area contributed by atoms with E-state index >= 15 is 0 Å². The number of nitrogens with zero attached hydrogens (tertiary/aromatic N) is 1. The van der Waals surface area contributed by atoms with Crippen molar-refractivity contribution in [1.29, 1.82) is 0 Å². The lowest BCUT2D eigenvalue weighted by Gasteiger charge is -2.24. The zero-order valence-corrected chi connectivity index (χ0v) is 11.3. The van der Waals surface area contributed by atoms with Crippen LogP contribution in [0.3, 0.4) is 0 Å². The molecule has 7 nitrogen and oxygen atoms in total. The molecule has 0 heterocycles. The van der Waals surface area contributed by atoms with Gasteiger partial charge in [-0.1, -0.05) is 13.0 Å². The number of anilines is 1. The van der Waals surface area contributed by atoms with Crippen molar-refractivity contribution >= 4 is 23.6 Å². The third-order valence-electron chi connectivity index (χ3n) is 2.86. The molecule has 1 atom stereocenters. The third-order valence-corrected chi connectivity index (χ3v) is 2.86. The zero-order chi connectivity index (χ0) is 15.3. The number of hydrogen-bond acceptors (Lipinski definition) is 3. The monoisotopic (exact) mass is 279 g/mol. The summed E-state index contributed by atoms with van der Waals surface area (Å²) < 4.78 is 0. The van der Waals surface area contributed by atoms with Gasteiger partial charge in [-0.15, -0.1) is 0 Å². The van der Waals surface area contributed by atoms with Crippen LogP contribution in [0.5, 0.6) is 0 Å². The van der Waals surface area contributed by atoms with Gasteiger partial charge in [-0.25, -0.2) is 9.59 Å². The molecule has 0 aliphatic rings. The Morgan fingerprint density at radius 1 is 1.40 bits per heavy atom. The summed E-state index contributed by atoms with van der Waals surface area (Å²) in [4.78, 5) is 35.1. The van der Waals surface area contributed by atoms with Crippen LogP contribution >= 0.6 is 0 Å². The highest BCUT2D eigenvalue weighted by molar-refractivity contribution is 5.96. The second-order valence-corrected chi connectivity index (χ2v) is 4.25. The van der Waals surface area contributed by atoms with Gasteiger partial charge < -0.3 is 21.1 Å². The molecular formula is C13H17N3O4. The molecule has 0 spiro atoms. The molecule has 1 aromatic carbocycles. The molecule has 1 unspecified atom stereocenters. The molecule has 1 aromatic rings. The maximum absolute atomic E-state index is 11.9. The molecule has 3 amide bonds. The summed E-state index contributed by atoms with van der Waals surface area (Å²) in [6.45, 7) is 1.68. The van der Waals surface area contributed by atoms with Gasteiger partial charge in [-0.2, -0.15) is 0 Å². The van der Waals surface area contributed by atoms with E-state index in [1.54, 1.807) is 19.1 Å². The van der Waals surface area contributed by atoms with Crippen LogP contribution < -0.4 is 11.1 Å². The van der Waals surface area contributed by atoms with E-state index in [4.69, 9.17) is 10.8 Å². The molecule has 0 aliphatic heterocycles. The van der Waals surface area contributed by atoms with Gasteiger partial charge in [0.15, 0.2) is 0 Å². The van der Waals surface area contributed by atoms with Crippen molar-refractivity contribution in [2.45, 2.75) is 19.4 Å². The Labute approximate surface area is 116 Å². The summed E-state index contributed by atoms with van der Waals surface area (Å²) in [6.07, 6.45) is 0.292. The number of urea groups is 1. The van der Waals surface area contributed by atoms with Crippen LogP contribution in [0.15, 0.2) is 24.3 Å². The van der Waals surface area contributed by atoms with Gasteiger partial charge in [0, 0.05) is 18.3 Å². The fourth-order valence-corrected chi connectivity index (χ4v) is 1.72. The molecular weight excluding hydrogens is 262 g/mol. The average Bonchev–Trinajstić information content (AvgIpc) is 2.39. The first-order chi connectivity index (χ1) is 9.36. The number of nitrogens with two attached hydrogens (primary N) is 1. The number of likely N-dealkylation sites (N-methyl/N-ethyl adjacent to an activating group) is 1. The molecule has 1 rings (SSSR count). The molecule has 0 bridgehead atoms. The number of benzene rings is 1. The van der Waals surface area contributed by atoms with E-state index in [-0.39, 0.29) is 5.56 Å². The number of amides is 3. The number of nitrogens with one attached hydrogen (secondary N) is 1. The molecule has 7 heteroatoms. The molecule has 108 valence electrons. The summed E-state index contributed by atoms with van der Waals surface area (Å²) in [5.74, 6) is -1.68. The summed E-state index contributed by atoms with van der Waals surface area (Å²) in [5.41, 5.74) is 5.78. The normalized spacial score (nSPS) is 11.5. The number of carboxylic acids is 1. The highest BCUT2D eigenvalue weighted by Gasteiger charge is 2.24. The Hall–Kier alpha value is -2.57. The van der Waals surface area contributed by atoms with Gasteiger partial charge in [-0.3, -0.25) is 4.79 Å². The third kappa shape index (κ3) is 3.71. The fourth-order valence-electron chi connectivity index (χ4n) is 1.72. The quantitative estimate of drug-likeness (QED) is 0.749. The minimum Gasteiger partial charge on any atom is -0.480 e. The van der Waals surface area contributed by atoms with E-state index < -0.39 is 23.9 Å². The van der Waals surface area contributed by atoms with Crippen molar-refractivity contribution < 1.29 is 19.5 Å². The number of primary amides is 1. The Balaban J connectivity index is 2.82. The van der Waals surface area contributed by atoms with Crippen LogP contribution in [0.2, 0.25) is 0 Å². The van der Waals surface area contributed by atoms with E-state index in [1.807, 2.05) is 0 Å². The van der Waals surface area contributed by atoms with Crippen LogP contribution in [0.1, 0.15) is 23.7 Å². The van der Waals surface area contributed by atoms with E-state index in [0.717, 1.165) is 4.90 Å². The Bertz CT molecular complexity index is 530. The number of hydrogen-bond donors (Lipinski definition) is 3. The zero-order valence-electron chi connectivity index (χ0n) is 11.3. The van der Waals surface area contributed by atoms with Crippen molar-refractivity contribution in [2.75, 3.05) is 12.4 Å². The smallest absolute Gasteiger partial charge is 0.326 e. The van der Waals surface area contributed by atoms with Gasteiger partial charge in [-0.05, 0) is 24.6 Å².